The minimum atomic E-state index is -1.10. The Kier molecular flexibility index (Phi) is 6.64. The molecule has 1 aliphatic rings. The lowest BCUT2D eigenvalue weighted by atomic mass is 10.1. The van der Waals surface area contributed by atoms with E-state index in [1.165, 1.54) is 45.6 Å². The number of carbonyl (C=O) groups is 1. The molecular weight excluding hydrogens is 471 g/mol. The first-order chi connectivity index (χ1) is 16.4. The highest BCUT2D eigenvalue weighted by molar-refractivity contribution is 8.14. The molecule has 0 aliphatic carbocycles. The summed E-state index contributed by atoms with van der Waals surface area (Å²) in [5.41, 5.74) is 0.135. The van der Waals surface area contributed by atoms with E-state index in [1.807, 2.05) is 0 Å². The fraction of sp³-hybridized carbons (Fsp3) is 0.174. The summed E-state index contributed by atoms with van der Waals surface area (Å²) in [6.45, 7) is 0. The number of aromatic nitrogens is 1. The Labute approximate surface area is 197 Å². The van der Waals surface area contributed by atoms with E-state index < -0.39 is 34.3 Å². The van der Waals surface area contributed by atoms with Gasteiger partial charge in [0.05, 0.1) is 21.3 Å². The van der Waals surface area contributed by atoms with Crippen LogP contribution in [-0.4, -0.2) is 42.3 Å². The number of hydrazone groups is 1. The van der Waals surface area contributed by atoms with E-state index in [-0.39, 0.29) is 17.5 Å². The highest BCUT2D eigenvalue weighted by atomic mass is 32.2. The number of carbonyl (C=O) groups excluding carboxylic acids is 1. The number of benzene rings is 2. The zero-order chi connectivity index (χ0) is 24.4. The topological polar surface area (TPSA) is 73.2 Å². The van der Waals surface area contributed by atoms with Crippen molar-refractivity contribution in [1.29, 1.82) is 0 Å². The van der Waals surface area contributed by atoms with Gasteiger partial charge in [-0.3, -0.25) is 4.79 Å². The Balaban J connectivity index is 1.81. The zero-order valence-electron chi connectivity index (χ0n) is 18.2. The van der Waals surface area contributed by atoms with Crippen LogP contribution < -0.4 is 14.2 Å². The lowest BCUT2D eigenvalue weighted by Crippen LogP contribution is -2.28. The molecule has 2 heterocycles. The molecule has 0 spiro atoms. The van der Waals surface area contributed by atoms with E-state index in [9.17, 15) is 18.0 Å². The third-order valence-corrected chi connectivity index (χ3v) is 6.16. The molecule has 3 aromatic rings. The summed E-state index contributed by atoms with van der Waals surface area (Å²) in [7, 11) is 4.08. The summed E-state index contributed by atoms with van der Waals surface area (Å²) in [6.07, 6.45) is 0. The van der Waals surface area contributed by atoms with Crippen LogP contribution in [0.4, 0.5) is 13.2 Å². The van der Waals surface area contributed by atoms with Crippen molar-refractivity contribution >= 4 is 22.7 Å². The molecule has 7 nitrogen and oxygen atoms in total. The van der Waals surface area contributed by atoms with Crippen LogP contribution in [0.2, 0.25) is 0 Å². The van der Waals surface area contributed by atoms with Gasteiger partial charge in [0.1, 0.15) is 39.2 Å². The van der Waals surface area contributed by atoms with Gasteiger partial charge in [0.2, 0.25) is 11.8 Å². The van der Waals surface area contributed by atoms with Crippen LogP contribution in [0.5, 0.6) is 17.5 Å². The van der Waals surface area contributed by atoms with E-state index in [4.69, 9.17) is 14.2 Å². The molecule has 1 aromatic heterocycles. The second-order valence-corrected chi connectivity index (χ2v) is 8.02. The van der Waals surface area contributed by atoms with E-state index in [0.717, 1.165) is 28.9 Å². The van der Waals surface area contributed by atoms with Crippen molar-refractivity contribution in [2.24, 2.45) is 5.10 Å². The molecule has 4 rings (SSSR count). The molecule has 0 saturated heterocycles. The van der Waals surface area contributed by atoms with E-state index in [0.29, 0.717) is 16.2 Å². The van der Waals surface area contributed by atoms with Crippen molar-refractivity contribution in [3.8, 4) is 17.5 Å². The smallest absolute Gasteiger partial charge is 0.281 e. The quantitative estimate of drug-likeness (QED) is 0.497. The maximum absolute atomic E-state index is 14.7. The minimum Gasteiger partial charge on any atom is -0.497 e. The van der Waals surface area contributed by atoms with Crippen molar-refractivity contribution in [1.82, 2.24) is 9.99 Å². The predicted octanol–water partition coefficient (Wildman–Crippen LogP) is 4.77. The second-order valence-electron chi connectivity index (χ2n) is 6.95. The van der Waals surface area contributed by atoms with Gasteiger partial charge in [0, 0.05) is 29.3 Å². The molecule has 0 saturated carbocycles. The average molecular weight is 489 g/mol. The predicted molar refractivity (Wildman–Crippen MR) is 120 cm³/mol. The van der Waals surface area contributed by atoms with Gasteiger partial charge >= 0.3 is 0 Å². The molecule has 2 aromatic carbocycles. The maximum atomic E-state index is 14.7. The number of rotatable bonds is 6. The molecule has 1 atom stereocenters. The standard InChI is InChI=1S/C23H18F3N3O4S/c1-31-14-10-16(25)19(17(26)11-14)22(30)29-23(15-8-9-18(32-2)27-20(15)33-3)34-21(28-29)12-4-6-13(24)7-5-12/h4-11,23H,1-3H3. The van der Waals surface area contributed by atoms with Gasteiger partial charge < -0.3 is 14.2 Å². The van der Waals surface area contributed by atoms with E-state index in [1.54, 1.807) is 12.1 Å². The fourth-order valence-corrected chi connectivity index (χ4v) is 4.45. The summed E-state index contributed by atoms with van der Waals surface area (Å²) in [6, 6.07) is 10.5. The summed E-state index contributed by atoms with van der Waals surface area (Å²) < 4.78 is 58.2. The van der Waals surface area contributed by atoms with Gasteiger partial charge in [-0.2, -0.15) is 10.1 Å². The number of pyridine rings is 1. The van der Waals surface area contributed by atoms with Crippen LogP contribution >= 0.6 is 11.8 Å². The number of methoxy groups -OCH3 is 3. The third-order valence-electron chi connectivity index (χ3n) is 4.94. The number of hydrogen-bond acceptors (Lipinski definition) is 7. The van der Waals surface area contributed by atoms with Crippen molar-refractivity contribution in [3.63, 3.8) is 0 Å². The average Bonchev–Trinajstić information content (AvgIpc) is 3.28. The first kappa shape index (κ1) is 23.4. The molecule has 1 aliphatic heterocycles. The second kappa shape index (κ2) is 9.64. The van der Waals surface area contributed by atoms with Crippen LogP contribution in [-0.2, 0) is 0 Å². The summed E-state index contributed by atoms with van der Waals surface area (Å²) in [5.74, 6) is -3.33. The molecule has 11 heteroatoms. The van der Waals surface area contributed by atoms with Crippen LogP contribution in [0.15, 0.2) is 53.6 Å². The Hall–Kier alpha value is -3.73. The molecule has 0 radical (unpaired) electrons. The minimum absolute atomic E-state index is 0.0737. The molecule has 0 bridgehead atoms. The third kappa shape index (κ3) is 4.38. The molecule has 0 fully saturated rings. The molecule has 176 valence electrons. The van der Waals surface area contributed by atoms with Crippen LogP contribution in [0.1, 0.15) is 26.9 Å². The summed E-state index contributed by atoms with van der Waals surface area (Å²) in [4.78, 5) is 17.6. The normalized spacial score (nSPS) is 15.2. The molecular formula is C23H18F3N3O4S. The van der Waals surface area contributed by atoms with E-state index >= 15 is 0 Å². The van der Waals surface area contributed by atoms with E-state index in [2.05, 4.69) is 10.1 Å². The Morgan fingerprint density at radius 2 is 1.62 bits per heavy atom. The Morgan fingerprint density at radius 3 is 2.21 bits per heavy atom. The summed E-state index contributed by atoms with van der Waals surface area (Å²) in [5, 5.41) is 4.73. The Morgan fingerprint density at radius 1 is 0.941 bits per heavy atom. The highest BCUT2D eigenvalue weighted by Gasteiger charge is 2.39. The van der Waals surface area contributed by atoms with Gasteiger partial charge in [-0.15, -0.1) is 0 Å². The maximum Gasteiger partial charge on any atom is 0.281 e. The number of halogens is 3. The lowest BCUT2D eigenvalue weighted by Gasteiger charge is -2.23. The first-order valence-corrected chi connectivity index (χ1v) is 10.7. The largest absolute Gasteiger partial charge is 0.497 e. The molecule has 1 unspecified atom stereocenters. The zero-order valence-corrected chi connectivity index (χ0v) is 19.0. The highest BCUT2D eigenvalue weighted by Crippen LogP contribution is 2.45. The van der Waals surface area contributed by atoms with Crippen molar-refractivity contribution in [3.05, 3.63) is 82.7 Å². The molecule has 1 amide bonds. The Bertz CT molecular complexity index is 1250. The van der Waals surface area contributed by atoms with Gasteiger partial charge in [0.25, 0.3) is 5.91 Å². The number of hydrogen-bond donors (Lipinski definition) is 0. The van der Waals surface area contributed by atoms with Crippen LogP contribution in [0.3, 0.4) is 0 Å². The van der Waals surface area contributed by atoms with Gasteiger partial charge in [-0.25, -0.2) is 18.2 Å². The SMILES string of the molecule is COc1cc(F)c(C(=O)N2N=C(c3ccc(F)cc3)SC2c2ccc(OC)nc2OC)c(F)c1. The fourth-order valence-electron chi connectivity index (χ4n) is 3.28. The first-order valence-electron chi connectivity index (χ1n) is 9.83. The van der Waals surface area contributed by atoms with Crippen LogP contribution in [0, 0.1) is 17.5 Å². The number of nitrogens with zero attached hydrogens (tertiary/aromatic N) is 3. The number of thioether (sulfide) groups is 1. The van der Waals surface area contributed by atoms with Crippen molar-refractivity contribution in [2.75, 3.05) is 21.3 Å². The lowest BCUT2D eigenvalue weighted by molar-refractivity contribution is 0.0737. The van der Waals surface area contributed by atoms with Crippen molar-refractivity contribution < 1.29 is 32.2 Å². The molecule has 0 N–H and O–H groups in total. The van der Waals surface area contributed by atoms with Crippen LogP contribution in [0.25, 0.3) is 0 Å². The van der Waals surface area contributed by atoms with Gasteiger partial charge in [-0.05, 0) is 30.3 Å². The molecule has 34 heavy (non-hydrogen) atoms. The number of amides is 1. The van der Waals surface area contributed by atoms with Gasteiger partial charge in [-0.1, -0.05) is 11.8 Å². The summed E-state index contributed by atoms with van der Waals surface area (Å²) >= 11 is 1.12. The monoisotopic (exact) mass is 489 g/mol. The number of ether oxygens (including phenoxy) is 3. The van der Waals surface area contributed by atoms with Crippen molar-refractivity contribution in [2.45, 2.75) is 5.37 Å². The van der Waals surface area contributed by atoms with Gasteiger partial charge in [0.15, 0.2) is 0 Å².